The molecule has 8 heteroatoms. The Morgan fingerprint density at radius 1 is 0.575 bits per heavy atom. The van der Waals surface area contributed by atoms with Crippen LogP contribution in [0.3, 0.4) is 0 Å². The van der Waals surface area contributed by atoms with Crippen LogP contribution in [-0.2, 0) is 18.2 Å². The van der Waals surface area contributed by atoms with Gasteiger partial charge in [-0.05, 0) is 38.8 Å². The molecule has 0 heterocycles. The average Bonchev–Trinajstić information content (AvgIpc) is 2.98. The van der Waals surface area contributed by atoms with Crippen LogP contribution in [0.1, 0.15) is 45.7 Å². The third-order valence-corrected chi connectivity index (χ3v) is 10.9. The van der Waals surface area contributed by atoms with Gasteiger partial charge in [0.15, 0.2) is 0 Å². The van der Waals surface area contributed by atoms with E-state index in [1.807, 2.05) is 68.4 Å². The lowest BCUT2D eigenvalue weighted by molar-refractivity contribution is 0.100. The summed E-state index contributed by atoms with van der Waals surface area (Å²) in [5, 5.41) is 1.15. The van der Waals surface area contributed by atoms with E-state index in [9.17, 15) is 18.7 Å². The summed E-state index contributed by atoms with van der Waals surface area (Å²) in [6.45, 7) is 7.47. The average molecular weight is 577 g/mol. The molecule has 4 aromatic rings. The Morgan fingerprint density at radius 3 is 1.38 bits per heavy atom. The fraction of sp³-hybridized carbons (Fsp3) is 0.188. The summed E-state index contributed by atoms with van der Waals surface area (Å²) in [5.41, 5.74) is 1.73. The first-order valence-electron chi connectivity index (χ1n) is 13.0. The van der Waals surface area contributed by atoms with Gasteiger partial charge in [0.2, 0.25) is 12.7 Å². The number of benzene rings is 4. The molecule has 0 atom stereocenters. The molecule has 0 amide bonds. The third-order valence-electron chi connectivity index (χ3n) is 6.09. The molecular weight excluding hydrogens is 542 g/mol. The highest BCUT2D eigenvalue weighted by Crippen LogP contribution is 2.51. The Hall–Kier alpha value is -3.40. The smallest absolute Gasteiger partial charge is 0.305 e. The molecule has 0 N–H and O–H groups in total. The summed E-state index contributed by atoms with van der Waals surface area (Å²) >= 11 is 0. The van der Waals surface area contributed by atoms with Crippen LogP contribution in [0.15, 0.2) is 109 Å². The van der Waals surface area contributed by atoms with Crippen molar-refractivity contribution < 1.29 is 27.8 Å². The van der Waals surface area contributed by atoms with Gasteiger partial charge in [-0.2, -0.15) is 0 Å². The Morgan fingerprint density at radius 2 is 0.975 bits per heavy atom. The van der Waals surface area contributed by atoms with Gasteiger partial charge in [-0.3, -0.25) is 14.2 Å². The van der Waals surface area contributed by atoms with E-state index in [4.69, 9.17) is 9.05 Å². The zero-order valence-electron chi connectivity index (χ0n) is 23.2. The predicted molar refractivity (Wildman–Crippen MR) is 162 cm³/mol. The molecule has 0 fully saturated rings. The lowest BCUT2D eigenvalue weighted by atomic mass is 10.0. The summed E-state index contributed by atoms with van der Waals surface area (Å²) in [6, 6.07) is 32.2. The van der Waals surface area contributed by atoms with Gasteiger partial charge in [0.05, 0.1) is 13.2 Å². The maximum Gasteiger partial charge on any atom is 0.401 e. The summed E-state index contributed by atoms with van der Waals surface area (Å²) in [5.74, 6) is 0. The number of hydrogen-bond acceptors (Lipinski definition) is 6. The van der Waals surface area contributed by atoms with Crippen molar-refractivity contribution in [3.8, 4) is 0 Å². The summed E-state index contributed by atoms with van der Waals surface area (Å²) in [6.07, 6.45) is 0. The van der Waals surface area contributed by atoms with Crippen molar-refractivity contribution in [2.45, 2.75) is 27.7 Å². The van der Waals surface area contributed by atoms with Gasteiger partial charge in [-0.25, -0.2) is 0 Å². The van der Waals surface area contributed by atoms with Crippen molar-refractivity contribution in [2.24, 2.45) is 0 Å². The molecule has 40 heavy (non-hydrogen) atoms. The van der Waals surface area contributed by atoms with Crippen LogP contribution in [-0.4, -0.2) is 24.3 Å². The van der Waals surface area contributed by atoms with Crippen molar-refractivity contribution >= 4 is 36.4 Å². The van der Waals surface area contributed by atoms with E-state index in [0.29, 0.717) is 21.7 Å². The summed E-state index contributed by atoms with van der Waals surface area (Å²) in [4.78, 5) is 25.4. The van der Waals surface area contributed by atoms with Crippen molar-refractivity contribution in [1.29, 1.82) is 0 Å². The minimum Gasteiger partial charge on any atom is -0.305 e. The fourth-order valence-electron chi connectivity index (χ4n) is 4.20. The van der Waals surface area contributed by atoms with Crippen molar-refractivity contribution in [3.05, 3.63) is 131 Å². The minimum atomic E-state index is -3.67. The van der Waals surface area contributed by atoms with Gasteiger partial charge < -0.3 is 13.6 Å². The van der Waals surface area contributed by atoms with E-state index in [0.717, 1.165) is 11.1 Å². The van der Waals surface area contributed by atoms with Crippen molar-refractivity contribution in [1.82, 2.24) is 0 Å². The fourth-order valence-corrected chi connectivity index (χ4v) is 8.27. The SMILES string of the molecule is CCOP(=O)(OCC)C(=O)c1ccccc1.Cc1cccc(C)c1C(=O)P(=O)(c1ccccc1)c1ccccc1. The highest BCUT2D eigenvalue weighted by molar-refractivity contribution is 7.93. The van der Waals surface area contributed by atoms with Crippen LogP contribution < -0.4 is 10.6 Å². The molecule has 4 aromatic carbocycles. The molecule has 6 nitrogen and oxygen atoms in total. The number of carbonyl (C=O) groups excluding carboxylic acids is 2. The normalized spacial score (nSPS) is 11.3. The summed E-state index contributed by atoms with van der Waals surface area (Å²) in [7, 11) is -7.10. The summed E-state index contributed by atoms with van der Waals surface area (Å²) < 4.78 is 36.1. The first kappa shape index (κ1) is 31.1. The molecule has 0 radical (unpaired) electrons. The van der Waals surface area contributed by atoms with E-state index >= 15 is 0 Å². The highest BCUT2D eigenvalue weighted by atomic mass is 31.2. The molecular formula is C32H34O6P2. The van der Waals surface area contributed by atoms with Crippen LogP contribution in [0, 0.1) is 13.8 Å². The number of carbonyl (C=O) groups is 2. The van der Waals surface area contributed by atoms with Gasteiger partial charge in [-0.15, -0.1) is 0 Å². The van der Waals surface area contributed by atoms with E-state index in [2.05, 4.69) is 0 Å². The lowest BCUT2D eigenvalue weighted by Crippen LogP contribution is -2.23. The molecule has 208 valence electrons. The van der Waals surface area contributed by atoms with Crippen molar-refractivity contribution in [2.75, 3.05) is 13.2 Å². The van der Waals surface area contributed by atoms with Crippen LogP contribution in [0.25, 0.3) is 0 Å². The van der Waals surface area contributed by atoms with Gasteiger partial charge in [0.25, 0.3) is 5.52 Å². The van der Waals surface area contributed by atoms with Gasteiger partial charge in [0.1, 0.15) is 0 Å². The Labute approximate surface area is 236 Å². The molecule has 0 saturated heterocycles. The van der Waals surface area contributed by atoms with Gasteiger partial charge >= 0.3 is 7.60 Å². The molecule has 0 aliphatic carbocycles. The quantitative estimate of drug-likeness (QED) is 0.181. The van der Waals surface area contributed by atoms with Crippen LogP contribution in [0.2, 0.25) is 0 Å². The molecule has 0 aliphatic heterocycles. The topological polar surface area (TPSA) is 86.7 Å². The Kier molecular flexibility index (Phi) is 11.1. The van der Waals surface area contributed by atoms with E-state index in [-0.39, 0.29) is 18.7 Å². The van der Waals surface area contributed by atoms with Crippen LogP contribution in [0.4, 0.5) is 0 Å². The third kappa shape index (κ3) is 7.02. The van der Waals surface area contributed by atoms with Crippen LogP contribution in [0.5, 0.6) is 0 Å². The minimum absolute atomic E-state index is 0.176. The van der Waals surface area contributed by atoms with E-state index < -0.39 is 20.3 Å². The second-order valence-corrected chi connectivity index (χ2v) is 13.4. The van der Waals surface area contributed by atoms with Crippen LogP contribution >= 0.6 is 14.7 Å². The van der Waals surface area contributed by atoms with Gasteiger partial charge in [0, 0.05) is 21.7 Å². The number of aryl methyl sites for hydroxylation is 2. The van der Waals surface area contributed by atoms with E-state index in [1.165, 1.54) is 0 Å². The number of rotatable bonds is 10. The molecule has 0 bridgehead atoms. The second kappa shape index (κ2) is 14.3. The molecule has 0 unspecified atom stereocenters. The standard InChI is InChI=1S/C21H19O2P.C11H15O4P/c1-16-10-9-11-17(2)20(16)21(22)24(23,18-12-5-3-6-13-18)19-14-7-4-8-15-19;1-3-14-16(13,15-4-2)11(12)10-8-6-5-7-9-10/h3-15H,1-2H3;5-9H,3-4H2,1-2H3. The lowest BCUT2D eigenvalue weighted by Gasteiger charge is -2.20. The largest absolute Gasteiger partial charge is 0.401 e. The monoisotopic (exact) mass is 576 g/mol. The Balaban J connectivity index is 0.000000241. The molecule has 4 rings (SSSR count). The van der Waals surface area contributed by atoms with Gasteiger partial charge in [-0.1, -0.05) is 109 Å². The highest BCUT2D eigenvalue weighted by Gasteiger charge is 2.38. The number of hydrogen-bond donors (Lipinski definition) is 0. The molecule has 0 saturated carbocycles. The zero-order chi connectivity index (χ0) is 29.2. The van der Waals surface area contributed by atoms with Crippen molar-refractivity contribution in [3.63, 3.8) is 0 Å². The van der Waals surface area contributed by atoms with E-state index in [1.54, 1.807) is 68.4 Å². The first-order chi connectivity index (χ1) is 19.2. The second-order valence-electron chi connectivity index (χ2n) is 8.86. The maximum atomic E-state index is 14.1. The molecule has 0 spiro atoms. The zero-order valence-corrected chi connectivity index (χ0v) is 24.9. The predicted octanol–water partition coefficient (Wildman–Crippen LogP) is 7.55. The Bertz CT molecular complexity index is 1450. The molecule has 0 aliphatic rings. The molecule has 0 aromatic heterocycles. The maximum absolute atomic E-state index is 14.1. The first-order valence-corrected chi connectivity index (χ1v) is 16.3.